The van der Waals surface area contributed by atoms with Crippen LogP contribution in [0.1, 0.15) is 61.4 Å². The normalized spacial score (nSPS) is 21.9. The van der Waals surface area contributed by atoms with Gasteiger partial charge in [0.25, 0.3) is 5.91 Å². The van der Waals surface area contributed by atoms with Crippen molar-refractivity contribution < 1.29 is 19.1 Å². The Kier molecular flexibility index (Phi) is 7.47. The first kappa shape index (κ1) is 23.1. The molecule has 3 unspecified atom stereocenters. The van der Waals surface area contributed by atoms with Crippen LogP contribution in [0, 0.1) is 5.92 Å². The number of carbonyl (C=O) groups excluding carboxylic acids is 2. The average Bonchev–Trinajstić information content (AvgIpc) is 3.25. The maximum absolute atomic E-state index is 13.7. The molecule has 176 valence electrons. The van der Waals surface area contributed by atoms with Crippen molar-refractivity contribution >= 4 is 11.8 Å². The van der Waals surface area contributed by atoms with E-state index >= 15 is 0 Å². The molecule has 2 aliphatic rings. The zero-order chi connectivity index (χ0) is 23.2. The number of benzene rings is 1. The molecule has 0 radical (unpaired) electrons. The van der Waals surface area contributed by atoms with Crippen molar-refractivity contribution in [2.75, 3.05) is 13.7 Å². The van der Waals surface area contributed by atoms with Gasteiger partial charge >= 0.3 is 0 Å². The van der Waals surface area contributed by atoms with Gasteiger partial charge in [0.15, 0.2) is 0 Å². The molecule has 1 aromatic carbocycles. The lowest BCUT2D eigenvalue weighted by Crippen LogP contribution is -2.49. The second-order valence-electron chi connectivity index (χ2n) is 8.81. The highest BCUT2D eigenvalue weighted by molar-refractivity contribution is 6.00. The van der Waals surface area contributed by atoms with Gasteiger partial charge in [-0.15, -0.1) is 0 Å². The average molecular weight is 452 g/mol. The molecule has 2 fully saturated rings. The Hall–Kier alpha value is -3.09. The minimum atomic E-state index is -0.493. The molecule has 0 bridgehead atoms. The minimum Gasteiger partial charge on any atom is -0.496 e. The lowest BCUT2D eigenvalue weighted by atomic mass is 9.84. The van der Waals surface area contributed by atoms with Gasteiger partial charge in [0.1, 0.15) is 11.8 Å². The van der Waals surface area contributed by atoms with Crippen LogP contribution in [0.3, 0.4) is 0 Å². The molecule has 4 rings (SSSR count). The Balaban J connectivity index is 1.54. The van der Waals surface area contributed by atoms with E-state index < -0.39 is 6.04 Å². The third kappa shape index (κ3) is 4.97. The van der Waals surface area contributed by atoms with Crippen LogP contribution >= 0.6 is 0 Å². The Morgan fingerprint density at radius 1 is 1.15 bits per heavy atom. The van der Waals surface area contributed by atoms with E-state index in [1.807, 2.05) is 36.1 Å². The number of methoxy groups -OCH3 is 1. The fraction of sp³-hybridized carbons (Fsp3) is 0.500. The number of hydrogen-bond acceptors (Lipinski definition) is 5. The summed E-state index contributed by atoms with van der Waals surface area (Å²) in [4.78, 5) is 33.2. The molecular weight excluding hydrogens is 418 g/mol. The van der Waals surface area contributed by atoms with Crippen molar-refractivity contribution in [3.8, 4) is 11.6 Å². The Morgan fingerprint density at radius 2 is 1.97 bits per heavy atom. The SMILES string of the molecule is CCCOc1ncccc1CNC(=O)C1CC2CCCCC2N1C(=O)c1ccccc1OC. The van der Waals surface area contributed by atoms with Gasteiger partial charge in [-0.1, -0.05) is 38.0 Å². The van der Waals surface area contributed by atoms with Crippen LogP contribution in [0.4, 0.5) is 0 Å². The van der Waals surface area contributed by atoms with E-state index in [4.69, 9.17) is 9.47 Å². The molecule has 7 nitrogen and oxygen atoms in total. The van der Waals surface area contributed by atoms with Crippen LogP contribution in [0.15, 0.2) is 42.6 Å². The fourth-order valence-electron chi connectivity index (χ4n) is 5.13. The van der Waals surface area contributed by atoms with E-state index in [0.29, 0.717) is 42.7 Å². The Bertz CT molecular complexity index is 980. The predicted molar refractivity (Wildman–Crippen MR) is 125 cm³/mol. The molecule has 7 heteroatoms. The molecule has 3 atom stereocenters. The summed E-state index contributed by atoms with van der Waals surface area (Å²) in [7, 11) is 1.57. The molecule has 1 aliphatic heterocycles. The third-order valence-electron chi connectivity index (χ3n) is 6.71. The second kappa shape index (κ2) is 10.7. The number of nitrogens with zero attached hydrogens (tertiary/aromatic N) is 2. The molecule has 1 aromatic heterocycles. The first-order valence-electron chi connectivity index (χ1n) is 11.9. The molecule has 2 aromatic rings. The number of fused-ring (bicyclic) bond motifs is 1. The molecule has 1 saturated carbocycles. The smallest absolute Gasteiger partial charge is 0.258 e. The highest BCUT2D eigenvalue weighted by Crippen LogP contribution is 2.41. The second-order valence-corrected chi connectivity index (χ2v) is 8.81. The molecule has 1 N–H and O–H groups in total. The van der Waals surface area contributed by atoms with Gasteiger partial charge in [-0.2, -0.15) is 0 Å². The van der Waals surface area contributed by atoms with Crippen molar-refractivity contribution in [2.24, 2.45) is 5.92 Å². The van der Waals surface area contributed by atoms with Crippen LogP contribution < -0.4 is 14.8 Å². The highest BCUT2D eigenvalue weighted by atomic mass is 16.5. The number of ether oxygens (including phenoxy) is 2. The summed E-state index contributed by atoms with van der Waals surface area (Å²) in [6, 6.07) is 10.6. The van der Waals surface area contributed by atoms with Gasteiger partial charge < -0.3 is 19.7 Å². The van der Waals surface area contributed by atoms with Gasteiger partial charge in [-0.25, -0.2) is 4.98 Å². The summed E-state index contributed by atoms with van der Waals surface area (Å²) in [5.41, 5.74) is 1.34. The number of likely N-dealkylation sites (tertiary alicyclic amines) is 1. The Labute approximate surface area is 195 Å². The van der Waals surface area contributed by atoms with Crippen LogP contribution in [0.5, 0.6) is 11.6 Å². The quantitative estimate of drug-likeness (QED) is 0.657. The van der Waals surface area contributed by atoms with Gasteiger partial charge in [-0.3, -0.25) is 9.59 Å². The number of pyridine rings is 1. The summed E-state index contributed by atoms with van der Waals surface area (Å²) >= 11 is 0. The summed E-state index contributed by atoms with van der Waals surface area (Å²) in [6.45, 7) is 2.93. The van der Waals surface area contributed by atoms with Crippen molar-refractivity contribution in [1.29, 1.82) is 0 Å². The first-order valence-corrected chi connectivity index (χ1v) is 11.9. The highest BCUT2D eigenvalue weighted by Gasteiger charge is 2.47. The van der Waals surface area contributed by atoms with Crippen LogP contribution in [0.2, 0.25) is 0 Å². The number of hydrogen-bond donors (Lipinski definition) is 1. The number of para-hydroxylation sites is 1. The fourth-order valence-corrected chi connectivity index (χ4v) is 5.13. The van der Waals surface area contributed by atoms with Gasteiger partial charge in [0.2, 0.25) is 11.8 Å². The Morgan fingerprint density at radius 3 is 2.79 bits per heavy atom. The predicted octanol–water partition coefficient (Wildman–Crippen LogP) is 3.97. The van der Waals surface area contributed by atoms with Gasteiger partial charge in [-0.05, 0) is 49.8 Å². The van der Waals surface area contributed by atoms with E-state index in [1.165, 1.54) is 0 Å². The van der Waals surface area contributed by atoms with Crippen LogP contribution in [0.25, 0.3) is 0 Å². The van der Waals surface area contributed by atoms with Gasteiger partial charge in [0, 0.05) is 24.3 Å². The largest absolute Gasteiger partial charge is 0.496 e. The van der Waals surface area contributed by atoms with Crippen LogP contribution in [-0.4, -0.2) is 47.5 Å². The van der Waals surface area contributed by atoms with Crippen molar-refractivity contribution in [1.82, 2.24) is 15.2 Å². The van der Waals surface area contributed by atoms with E-state index in [0.717, 1.165) is 37.7 Å². The summed E-state index contributed by atoms with van der Waals surface area (Å²) in [5, 5.41) is 3.05. The standard InChI is InChI=1S/C26H33N3O4/c1-3-15-33-25-19(10-8-14-27-25)17-28-24(30)22-16-18-9-4-6-12-21(18)29(22)26(31)20-11-5-7-13-23(20)32-2/h5,7-8,10-11,13-14,18,21-22H,3-4,6,9,12,15-17H2,1-2H3,(H,28,30). The van der Waals surface area contributed by atoms with Gasteiger partial charge in [0.05, 0.1) is 19.3 Å². The minimum absolute atomic E-state index is 0.0914. The summed E-state index contributed by atoms with van der Waals surface area (Å²) < 4.78 is 11.2. The van der Waals surface area contributed by atoms with E-state index in [1.54, 1.807) is 25.4 Å². The topological polar surface area (TPSA) is 80.8 Å². The van der Waals surface area contributed by atoms with Crippen molar-refractivity contribution in [3.63, 3.8) is 0 Å². The molecular formula is C26H33N3O4. The van der Waals surface area contributed by atoms with E-state index in [9.17, 15) is 9.59 Å². The molecule has 1 saturated heterocycles. The lowest BCUT2D eigenvalue weighted by molar-refractivity contribution is -0.125. The van der Waals surface area contributed by atoms with E-state index in [-0.39, 0.29) is 17.9 Å². The summed E-state index contributed by atoms with van der Waals surface area (Å²) in [5.74, 6) is 1.18. The monoisotopic (exact) mass is 451 g/mol. The maximum atomic E-state index is 13.7. The summed E-state index contributed by atoms with van der Waals surface area (Å²) in [6.07, 6.45) is 7.50. The van der Waals surface area contributed by atoms with Crippen LogP contribution in [-0.2, 0) is 11.3 Å². The third-order valence-corrected chi connectivity index (χ3v) is 6.71. The number of aromatic nitrogens is 1. The maximum Gasteiger partial charge on any atom is 0.258 e. The molecule has 2 amide bonds. The number of rotatable bonds is 8. The number of carbonyl (C=O) groups is 2. The zero-order valence-corrected chi connectivity index (χ0v) is 19.5. The molecule has 2 heterocycles. The molecule has 33 heavy (non-hydrogen) atoms. The number of amides is 2. The molecule has 0 spiro atoms. The number of nitrogens with one attached hydrogen (secondary N) is 1. The first-order chi connectivity index (χ1) is 16.1. The lowest BCUT2D eigenvalue weighted by Gasteiger charge is -2.34. The van der Waals surface area contributed by atoms with Crippen molar-refractivity contribution in [2.45, 2.75) is 64.1 Å². The molecule has 1 aliphatic carbocycles. The zero-order valence-electron chi connectivity index (χ0n) is 19.5. The van der Waals surface area contributed by atoms with E-state index in [2.05, 4.69) is 10.3 Å². The van der Waals surface area contributed by atoms with Crippen molar-refractivity contribution in [3.05, 3.63) is 53.7 Å².